The number of aromatic nitrogens is 2. The molecule has 0 saturated heterocycles. The maximum Gasteiger partial charge on any atom is 0.229 e. The number of benzene rings is 1. The molecule has 1 saturated carbocycles. The summed E-state index contributed by atoms with van der Waals surface area (Å²) < 4.78 is 11.7. The Balaban J connectivity index is 1.65. The van der Waals surface area contributed by atoms with Gasteiger partial charge in [0.05, 0.1) is 4.47 Å². The van der Waals surface area contributed by atoms with E-state index in [2.05, 4.69) is 26.1 Å². The van der Waals surface area contributed by atoms with Crippen LogP contribution in [0.2, 0.25) is 0 Å². The third kappa shape index (κ3) is 2.49. The van der Waals surface area contributed by atoms with Gasteiger partial charge in [-0.05, 0) is 40.9 Å². The molecule has 0 N–H and O–H groups in total. The van der Waals surface area contributed by atoms with Crippen LogP contribution in [0, 0.1) is 0 Å². The van der Waals surface area contributed by atoms with Crippen molar-refractivity contribution in [2.24, 2.45) is 0 Å². The average Bonchev–Trinajstić information content (AvgIpc) is 3.08. The zero-order valence-corrected chi connectivity index (χ0v) is 10.7. The van der Waals surface area contributed by atoms with Crippen molar-refractivity contribution in [3.63, 3.8) is 0 Å². The third-order valence-electron chi connectivity index (χ3n) is 2.60. The van der Waals surface area contributed by atoms with E-state index >= 15 is 0 Å². The summed E-state index contributed by atoms with van der Waals surface area (Å²) in [5.74, 6) is 2.61. The Labute approximate surface area is 107 Å². The first kappa shape index (κ1) is 10.8. The quantitative estimate of drug-likeness (QED) is 0.868. The molecule has 0 amide bonds. The lowest BCUT2D eigenvalue weighted by Crippen LogP contribution is -1.98. The van der Waals surface area contributed by atoms with Gasteiger partial charge in [-0.2, -0.15) is 4.98 Å². The number of hydrogen-bond donors (Lipinski definition) is 0. The van der Waals surface area contributed by atoms with Crippen molar-refractivity contribution in [3.05, 3.63) is 40.5 Å². The van der Waals surface area contributed by atoms with Gasteiger partial charge in [-0.3, -0.25) is 0 Å². The largest absolute Gasteiger partial charge is 0.484 e. The Hall–Kier alpha value is -1.36. The first-order valence-corrected chi connectivity index (χ1v) is 6.32. The van der Waals surface area contributed by atoms with Gasteiger partial charge in [-0.25, -0.2) is 0 Å². The maximum atomic E-state index is 5.60. The fourth-order valence-corrected chi connectivity index (χ4v) is 1.93. The van der Waals surface area contributed by atoms with E-state index in [0.717, 1.165) is 29.0 Å². The number of ether oxygens (including phenoxy) is 1. The summed E-state index contributed by atoms with van der Waals surface area (Å²) in [7, 11) is 0. The molecular formula is C12H11BrN2O2. The molecule has 1 aliphatic carbocycles. The van der Waals surface area contributed by atoms with Crippen LogP contribution in [0.3, 0.4) is 0 Å². The lowest BCUT2D eigenvalue weighted by Gasteiger charge is -2.04. The molecule has 5 heteroatoms. The summed E-state index contributed by atoms with van der Waals surface area (Å²) in [5.41, 5.74) is 0. The fourth-order valence-electron chi connectivity index (χ4n) is 1.53. The molecule has 0 atom stereocenters. The van der Waals surface area contributed by atoms with Crippen LogP contribution in [0.4, 0.5) is 0 Å². The highest BCUT2D eigenvalue weighted by molar-refractivity contribution is 9.10. The van der Waals surface area contributed by atoms with Gasteiger partial charge < -0.3 is 9.26 Å². The van der Waals surface area contributed by atoms with Crippen LogP contribution in [-0.4, -0.2) is 10.1 Å². The standard InChI is InChI=1S/C12H11BrN2O2/c13-9-3-1-2-4-10(9)16-7-11-14-12(17-15-11)8-5-6-8/h1-4,8H,5-7H2. The summed E-state index contributed by atoms with van der Waals surface area (Å²) >= 11 is 3.42. The number of hydrogen-bond acceptors (Lipinski definition) is 4. The molecule has 1 aromatic carbocycles. The summed E-state index contributed by atoms with van der Waals surface area (Å²) in [4.78, 5) is 4.30. The first-order valence-electron chi connectivity index (χ1n) is 5.53. The summed E-state index contributed by atoms with van der Waals surface area (Å²) in [6.45, 7) is 0.332. The van der Waals surface area contributed by atoms with Crippen LogP contribution in [0.1, 0.15) is 30.5 Å². The van der Waals surface area contributed by atoms with Crippen LogP contribution >= 0.6 is 15.9 Å². The summed E-state index contributed by atoms with van der Waals surface area (Å²) in [5, 5.41) is 3.90. The zero-order valence-electron chi connectivity index (χ0n) is 9.10. The minimum atomic E-state index is 0.332. The van der Waals surface area contributed by atoms with Gasteiger partial charge in [0.2, 0.25) is 11.7 Å². The van der Waals surface area contributed by atoms with E-state index in [9.17, 15) is 0 Å². The molecule has 0 aliphatic heterocycles. The Morgan fingerprint density at radius 1 is 1.35 bits per heavy atom. The molecule has 1 fully saturated rings. The molecule has 0 bridgehead atoms. The second-order valence-electron chi connectivity index (χ2n) is 4.04. The Morgan fingerprint density at radius 2 is 2.18 bits per heavy atom. The van der Waals surface area contributed by atoms with Gasteiger partial charge in [0.1, 0.15) is 5.75 Å². The van der Waals surface area contributed by atoms with Crippen LogP contribution in [-0.2, 0) is 6.61 Å². The van der Waals surface area contributed by atoms with Crippen molar-refractivity contribution in [1.29, 1.82) is 0 Å². The molecule has 1 aromatic heterocycles. The van der Waals surface area contributed by atoms with E-state index < -0.39 is 0 Å². The van der Waals surface area contributed by atoms with Crippen molar-refractivity contribution in [3.8, 4) is 5.75 Å². The van der Waals surface area contributed by atoms with E-state index in [1.54, 1.807) is 0 Å². The minimum Gasteiger partial charge on any atom is -0.484 e. The highest BCUT2D eigenvalue weighted by atomic mass is 79.9. The van der Waals surface area contributed by atoms with Crippen molar-refractivity contribution in [2.45, 2.75) is 25.4 Å². The summed E-state index contributed by atoms with van der Waals surface area (Å²) in [6, 6.07) is 7.69. The highest BCUT2D eigenvalue weighted by Gasteiger charge is 2.29. The Bertz CT molecular complexity index is 523. The minimum absolute atomic E-state index is 0.332. The van der Waals surface area contributed by atoms with Crippen LogP contribution < -0.4 is 4.74 Å². The lowest BCUT2D eigenvalue weighted by molar-refractivity contribution is 0.283. The van der Waals surface area contributed by atoms with Gasteiger partial charge in [-0.1, -0.05) is 17.3 Å². The number of nitrogens with zero attached hydrogens (tertiary/aromatic N) is 2. The van der Waals surface area contributed by atoms with E-state index in [1.807, 2.05) is 24.3 Å². The van der Waals surface area contributed by atoms with E-state index in [4.69, 9.17) is 9.26 Å². The van der Waals surface area contributed by atoms with Gasteiger partial charge in [0.25, 0.3) is 0 Å². The van der Waals surface area contributed by atoms with Gasteiger partial charge in [0, 0.05) is 5.92 Å². The molecule has 4 nitrogen and oxygen atoms in total. The third-order valence-corrected chi connectivity index (χ3v) is 3.26. The van der Waals surface area contributed by atoms with E-state index in [-0.39, 0.29) is 0 Å². The Morgan fingerprint density at radius 3 is 2.94 bits per heavy atom. The monoisotopic (exact) mass is 294 g/mol. The zero-order chi connectivity index (χ0) is 11.7. The smallest absolute Gasteiger partial charge is 0.229 e. The van der Waals surface area contributed by atoms with Gasteiger partial charge in [-0.15, -0.1) is 0 Å². The molecule has 88 valence electrons. The number of rotatable bonds is 4. The SMILES string of the molecule is Brc1ccccc1OCc1noc(C2CC2)n1. The maximum absolute atomic E-state index is 5.60. The molecule has 2 aromatic rings. The number of halogens is 1. The number of para-hydroxylation sites is 1. The fraction of sp³-hybridized carbons (Fsp3) is 0.333. The van der Waals surface area contributed by atoms with Crippen molar-refractivity contribution in [1.82, 2.24) is 10.1 Å². The van der Waals surface area contributed by atoms with Crippen LogP contribution in [0.25, 0.3) is 0 Å². The normalized spacial score (nSPS) is 14.9. The second-order valence-corrected chi connectivity index (χ2v) is 4.90. The molecule has 17 heavy (non-hydrogen) atoms. The van der Waals surface area contributed by atoms with Crippen LogP contribution in [0.15, 0.2) is 33.3 Å². The van der Waals surface area contributed by atoms with Crippen molar-refractivity contribution < 1.29 is 9.26 Å². The second kappa shape index (κ2) is 4.49. The average molecular weight is 295 g/mol. The molecule has 0 radical (unpaired) electrons. The molecule has 0 spiro atoms. The molecular weight excluding hydrogens is 284 g/mol. The lowest BCUT2D eigenvalue weighted by atomic mass is 10.3. The van der Waals surface area contributed by atoms with E-state index in [1.165, 1.54) is 0 Å². The first-order chi connectivity index (χ1) is 8.33. The highest BCUT2D eigenvalue weighted by Crippen LogP contribution is 2.38. The van der Waals surface area contributed by atoms with Gasteiger partial charge >= 0.3 is 0 Å². The van der Waals surface area contributed by atoms with E-state index in [0.29, 0.717) is 18.3 Å². The predicted octanol–water partition coefficient (Wildman–Crippen LogP) is 3.29. The van der Waals surface area contributed by atoms with Crippen LogP contribution in [0.5, 0.6) is 5.75 Å². The molecule has 0 unspecified atom stereocenters. The predicted molar refractivity (Wildman–Crippen MR) is 64.7 cm³/mol. The van der Waals surface area contributed by atoms with Crippen molar-refractivity contribution >= 4 is 15.9 Å². The summed E-state index contributed by atoms with van der Waals surface area (Å²) in [6.07, 6.45) is 2.32. The molecule has 1 heterocycles. The van der Waals surface area contributed by atoms with Gasteiger partial charge in [0.15, 0.2) is 6.61 Å². The molecule has 1 aliphatic rings. The Kier molecular flexibility index (Phi) is 2.84. The van der Waals surface area contributed by atoms with Crippen molar-refractivity contribution in [2.75, 3.05) is 0 Å². The topological polar surface area (TPSA) is 48.2 Å². The molecule has 3 rings (SSSR count).